The van der Waals surface area contributed by atoms with Gasteiger partial charge in [0.25, 0.3) is 0 Å². The second kappa shape index (κ2) is 6.78. The fraction of sp³-hybridized carbons (Fsp3) is 0.600. The molecule has 0 radical (unpaired) electrons. The van der Waals surface area contributed by atoms with Crippen molar-refractivity contribution in [1.82, 2.24) is 5.32 Å². The van der Waals surface area contributed by atoms with Crippen molar-refractivity contribution in [3.05, 3.63) is 23.8 Å². The van der Waals surface area contributed by atoms with Crippen LogP contribution in [0.25, 0.3) is 0 Å². The Kier molecular flexibility index (Phi) is 5.63. The molecule has 2 N–H and O–H groups in total. The van der Waals surface area contributed by atoms with E-state index in [2.05, 4.69) is 5.32 Å². The molecule has 0 aliphatic heterocycles. The molecule has 0 heterocycles. The van der Waals surface area contributed by atoms with Crippen LogP contribution in [0.3, 0.4) is 0 Å². The van der Waals surface area contributed by atoms with Crippen molar-refractivity contribution in [2.24, 2.45) is 0 Å². The van der Waals surface area contributed by atoms with E-state index in [-0.39, 0.29) is 18.2 Å². The lowest BCUT2D eigenvalue weighted by Gasteiger charge is -2.24. The van der Waals surface area contributed by atoms with Crippen molar-refractivity contribution < 1.29 is 14.6 Å². The Morgan fingerprint density at radius 1 is 1.26 bits per heavy atom. The number of hydrogen-bond acceptors (Lipinski definition) is 4. The van der Waals surface area contributed by atoms with Gasteiger partial charge >= 0.3 is 0 Å². The number of rotatable bonds is 7. The van der Waals surface area contributed by atoms with E-state index in [1.807, 2.05) is 45.9 Å². The standard InChI is InChI=1S/C15H25NO3/c1-11(2)19-13-7-6-12(8-14(13)18-5)9-16-15(3,4)10-17/h6-8,11,16-17H,9-10H2,1-5H3. The highest BCUT2D eigenvalue weighted by molar-refractivity contribution is 5.43. The monoisotopic (exact) mass is 267 g/mol. The number of aliphatic hydroxyl groups excluding tert-OH is 1. The maximum atomic E-state index is 9.21. The minimum absolute atomic E-state index is 0.0959. The Balaban J connectivity index is 2.76. The van der Waals surface area contributed by atoms with Gasteiger partial charge in [-0.15, -0.1) is 0 Å². The van der Waals surface area contributed by atoms with E-state index in [9.17, 15) is 5.11 Å². The van der Waals surface area contributed by atoms with Gasteiger partial charge in [-0.3, -0.25) is 0 Å². The summed E-state index contributed by atoms with van der Waals surface area (Å²) in [6.07, 6.45) is 0.117. The van der Waals surface area contributed by atoms with Crippen molar-refractivity contribution in [2.45, 2.75) is 45.9 Å². The van der Waals surface area contributed by atoms with E-state index in [0.717, 1.165) is 17.1 Å². The first-order valence-electron chi connectivity index (χ1n) is 6.57. The minimum Gasteiger partial charge on any atom is -0.493 e. The Labute approximate surface area is 115 Å². The molecule has 0 aliphatic rings. The Bertz CT molecular complexity index is 402. The molecule has 0 fully saturated rings. The second-order valence-electron chi connectivity index (χ2n) is 5.55. The molecule has 0 saturated carbocycles. The third kappa shape index (κ3) is 5.09. The SMILES string of the molecule is COc1cc(CNC(C)(C)CO)ccc1OC(C)C. The van der Waals surface area contributed by atoms with Gasteiger partial charge in [-0.2, -0.15) is 0 Å². The van der Waals surface area contributed by atoms with Crippen LogP contribution in [0.5, 0.6) is 11.5 Å². The number of aliphatic hydroxyl groups is 1. The molecule has 0 aromatic heterocycles. The second-order valence-corrected chi connectivity index (χ2v) is 5.55. The van der Waals surface area contributed by atoms with E-state index in [0.29, 0.717) is 6.54 Å². The van der Waals surface area contributed by atoms with Crippen LogP contribution in [0.4, 0.5) is 0 Å². The van der Waals surface area contributed by atoms with Crippen molar-refractivity contribution in [1.29, 1.82) is 0 Å². The molecule has 108 valence electrons. The van der Waals surface area contributed by atoms with Crippen LogP contribution in [0.1, 0.15) is 33.3 Å². The molecule has 0 saturated heterocycles. The van der Waals surface area contributed by atoms with Gasteiger partial charge in [0.05, 0.1) is 19.8 Å². The largest absolute Gasteiger partial charge is 0.493 e. The first-order valence-corrected chi connectivity index (χ1v) is 6.57. The third-order valence-corrected chi connectivity index (χ3v) is 2.76. The van der Waals surface area contributed by atoms with Crippen LogP contribution in [0, 0.1) is 0 Å². The summed E-state index contributed by atoms with van der Waals surface area (Å²) in [5.41, 5.74) is 0.801. The van der Waals surface area contributed by atoms with Gasteiger partial charge in [-0.25, -0.2) is 0 Å². The molecule has 0 spiro atoms. The smallest absolute Gasteiger partial charge is 0.161 e. The van der Waals surface area contributed by atoms with Gasteiger partial charge in [-0.05, 0) is 45.4 Å². The summed E-state index contributed by atoms with van der Waals surface area (Å²) in [5, 5.41) is 12.5. The molecule has 1 aromatic rings. The van der Waals surface area contributed by atoms with E-state index < -0.39 is 0 Å². The number of ether oxygens (including phenoxy) is 2. The molecule has 4 heteroatoms. The van der Waals surface area contributed by atoms with Gasteiger partial charge in [-0.1, -0.05) is 6.07 Å². The van der Waals surface area contributed by atoms with Crippen LogP contribution < -0.4 is 14.8 Å². The van der Waals surface area contributed by atoms with Gasteiger partial charge in [0.1, 0.15) is 0 Å². The molecular formula is C15H25NO3. The minimum atomic E-state index is -0.291. The molecule has 0 unspecified atom stereocenters. The normalized spacial score (nSPS) is 11.7. The van der Waals surface area contributed by atoms with Crippen LogP contribution >= 0.6 is 0 Å². The summed E-state index contributed by atoms with van der Waals surface area (Å²) in [5.74, 6) is 1.48. The van der Waals surface area contributed by atoms with Crippen molar-refractivity contribution >= 4 is 0 Å². The van der Waals surface area contributed by atoms with Crippen molar-refractivity contribution in [3.63, 3.8) is 0 Å². The molecule has 0 atom stereocenters. The van der Waals surface area contributed by atoms with Crippen LogP contribution in [-0.2, 0) is 6.54 Å². The fourth-order valence-corrected chi connectivity index (χ4v) is 1.57. The zero-order valence-electron chi connectivity index (χ0n) is 12.5. The quantitative estimate of drug-likeness (QED) is 0.796. The van der Waals surface area contributed by atoms with E-state index in [1.54, 1.807) is 7.11 Å². The summed E-state index contributed by atoms with van der Waals surface area (Å²) in [6, 6.07) is 5.88. The van der Waals surface area contributed by atoms with E-state index >= 15 is 0 Å². The average molecular weight is 267 g/mol. The highest BCUT2D eigenvalue weighted by Crippen LogP contribution is 2.29. The highest BCUT2D eigenvalue weighted by atomic mass is 16.5. The lowest BCUT2D eigenvalue weighted by atomic mass is 10.1. The predicted octanol–water partition coefficient (Wildman–Crippen LogP) is 2.34. The van der Waals surface area contributed by atoms with Crippen LogP contribution in [-0.4, -0.2) is 30.5 Å². The Morgan fingerprint density at radius 3 is 2.47 bits per heavy atom. The molecule has 1 aromatic carbocycles. The Morgan fingerprint density at radius 2 is 1.95 bits per heavy atom. The van der Waals surface area contributed by atoms with Crippen LogP contribution in [0.15, 0.2) is 18.2 Å². The summed E-state index contributed by atoms with van der Waals surface area (Å²) < 4.78 is 11.0. The van der Waals surface area contributed by atoms with Crippen molar-refractivity contribution in [2.75, 3.05) is 13.7 Å². The molecule has 4 nitrogen and oxygen atoms in total. The number of hydrogen-bond donors (Lipinski definition) is 2. The van der Waals surface area contributed by atoms with E-state index in [1.165, 1.54) is 0 Å². The first kappa shape index (κ1) is 15.8. The first-order chi connectivity index (χ1) is 8.88. The molecular weight excluding hydrogens is 242 g/mol. The van der Waals surface area contributed by atoms with Gasteiger partial charge in [0, 0.05) is 12.1 Å². The van der Waals surface area contributed by atoms with Crippen LogP contribution in [0.2, 0.25) is 0 Å². The summed E-state index contributed by atoms with van der Waals surface area (Å²) in [4.78, 5) is 0. The summed E-state index contributed by atoms with van der Waals surface area (Å²) >= 11 is 0. The number of methoxy groups -OCH3 is 1. The highest BCUT2D eigenvalue weighted by Gasteiger charge is 2.15. The predicted molar refractivity (Wildman–Crippen MR) is 76.8 cm³/mol. The average Bonchev–Trinajstić information content (AvgIpc) is 2.37. The third-order valence-electron chi connectivity index (χ3n) is 2.76. The van der Waals surface area contributed by atoms with E-state index in [4.69, 9.17) is 9.47 Å². The molecule has 0 bridgehead atoms. The Hall–Kier alpha value is -1.26. The molecule has 0 aliphatic carbocycles. The summed E-state index contributed by atoms with van der Waals surface area (Å²) in [7, 11) is 1.64. The number of nitrogens with one attached hydrogen (secondary N) is 1. The topological polar surface area (TPSA) is 50.7 Å². The number of benzene rings is 1. The van der Waals surface area contributed by atoms with Crippen molar-refractivity contribution in [3.8, 4) is 11.5 Å². The zero-order chi connectivity index (χ0) is 14.5. The van der Waals surface area contributed by atoms with Gasteiger partial charge in [0.15, 0.2) is 11.5 Å². The molecule has 1 rings (SSSR count). The maximum absolute atomic E-state index is 9.21. The maximum Gasteiger partial charge on any atom is 0.161 e. The lowest BCUT2D eigenvalue weighted by molar-refractivity contribution is 0.187. The molecule has 0 amide bonds. The summed E-state index contributed by atoms with van der Waals surface area (Å²) in [6.45, 7) is 8.66. The van der Waals surface area contributed by atoms with Gasteiger partial charge in [0.2, 0.25) is 0 Å². The fourth-order valence-electron chi connectivity index (χ4n) is 1.57. The van der Waals surface area contributed by atoms with Gasteiger partial charge < -0.3 is 19.9 Å². The zero-order valence-corrected chi connectivity index (χ0v) is 12.5. The molecule has 19 heavy (non-hydrogen) atoms. The lowest BCUT2D eigenvalue weighted by Crippen LogP contribution is -2.42.